The SMILES string of the molecule is COc1ccc([C@@H]2CCC[NH+]2Cn2nnn(-c3ccccc3)c2=S)c(OC)c1. The van der Waals surface area contributed by atoms with Gasteiger partial charge in [-0.15, -0.1) is 0 Å². The topological polar surface area (TPSA) is 58.5 Å². The number of ether oxygens (including phenoxy) is 2. The number of aromatic nitrogens is 4. The highest BCUT2D eigenvalue weighted by molar-refractivity contribution is 7.71. The lowest BCUT2D eigenvalue weighted by Crippen LogP contribution is -3.09. The number of tetrazole rings is 1. The molecule has 2 aromatic carbocycles. The lowest BCUT2D eigenvalue weighted by Gasteiger charge is -2.23. The van der Waals surface area contributed by atoms with Gasteiger partial charge in [-0.25, -0.2) is 0 Å². The Kier molecular flexibility index (Phi) is 5.40. The van der Waals surface area contributed by atoms with Crippen LogP contribution in [0.3, 0.4) is 0 Å². The van der Waals surface area contributed by atoms with E-state index in [1.54, 1.807) is 18.9 Å². The van der Waals surface area contributed by atoms with Gasteiger partial charge in [0, 0.05) is 18.9 Å². The first kappa shape index (κ1) is 18.6. The third-order valence-corrected chi connectivity index (χ3v) is 5.68. The monoisotopic (exact) mass is 398 g/mol. The van der Waals surface area contributed by atoms with Crippen molar-refractivity contribution < 1.29 is 14.4 Å². The largest absolute Gasteiger partial charge is 0.497 e. The highest BCUT2D eigenvalue weighted by Gasteiger charge is 2.33. The summed E-state index contributed by atoms with van der Waals surface area (Å²) in [6, 6.07) is 16.2. The first-order valence-corrected chi connectivity index (χ1v) is 9.77. The fourth-order valence-corrected chi connectivity index (χ4v) is 4.12. The van der Waals surface area contributed by atoms with Gasteiger partial charge in [0.1, 0.15) is 17.5 Å². The molecular weight excluding hydrogens is 374 g/mol. The third-order valence-electron chi connectivity index (χ3n) is 5.29. The van der Waals surface area contributed by atoms with E-state index in [4.69, 9.17) is 21.7 Å². The third kappa shape index (κ3) is 3.53. The van der Waals surface area contributed by atoms with Crippen molar-refractivity contribution in [2.24, 2.45) is 0 Å². The summed E-state index contributed by atoms with van der Waals surface area (Å²) in [5, 5.41) is 8.56. The second-order valence-electron chi connectivity index (χ2n) is 6.88. The van der Waals surface area contributed by atoms with Gasteiger partial charge in [0.2, 0.25) is 4.77 Å². The molecule has 146 valence electrons. The van der Waals surface area contributed by atoms with Crippen molar-refractivity contribution in [1.82, 2.24) is 19.8 Å². The highest BCUT2D eigenvalue weighted by Crippen LogP contribution is 2.31. The Labute approximate surface area is 169 Å². The molecule has 1 aromatic heterocycles. The van der Waals surface area contributed by atoms with Crippen LogP contribution in [-0.4, -0.2) is 40.6 Å². The van der Waals surface area contributed by atoms with Crippen LogP contribution in [0, 0.1) is 4.77 Å². The zero-order valence-electron chi connectivity index (χ0n) is 16.0. The van der Waals surface area contributed by atoms with Crippen LogP contribution in [0.4, 0.5) is 0 Å². The molecule has 7 nitrogen and oxygen atoms in total. The van der Waals surface area contributed by atoms with Crippen molar-refractivity contribution in [3.05, 3.63) is 58.9 Å². The first-order valence-electron chi connectivity index (χ1n) is 9.36. The fraction of sp³-hybridized carbons (Fsp3) is 0.350. The zero-order valence-corrected chi connectivity index (χ0v) is 16.9. The van der Waals surface area contributed by atoms with E-state index in [0.717, 1.165) is 36.6 Å². The Morgan fingerprint density at radius 2 is 1.93 bits per heavy atom. The Balaban J connectivity index is 1.59. The second kappa shape index (κ2) is 8.12. The molecule has 1 aliphatic rings. The Bertz CT molecular complexity index is 1000. The number of likely N-dealkylation sites (tertiary alicyclic amines) is 1. The van der Waals surface area contributed by atoms with E-state index in [9.17, 15) is 0 Å². The average molecular weight is 399 g/mol. The van der Waals surface area contributed by atoms with Crippen LogP contribution in [0.1, 0.15) is 24.4 Å². The minimum absolute atomic E-state index is 0.324. The lowest BCUT2D eigenvalue weighted by atomic mass is 10.0. The normalized spacial score (nSPS) is 18.9. The van der Waals surface area contributed by atoms with Crippen LogP contribution < -0.4 is 14.4 Å². The predicted molar refractivity (Wildman–Crippen MR) is 108 cm³/mol. The zero-order chi connectivity index (χ0) is 19.5. The van der Waals surface area contributed by atoms with E-state index in [0.29, 0.717) is 17.5 Å². The van der Waals surface area contributed by atoms with Gasteiger partial charge in [-0.3, -0.25) is 0 Å². The van der Waals surface area contributed by atoms with Crippen LogP contribution in [0.5, 0.6) is 11.5 Å². The number of methoxy groups -OCH3 is 2. The molecular formula is C20H24N5O2S+. The molecule has 0 saturated carbocycles. The van der Waals surface area contributed by atoms with E-state index in [1.807, 2.05) is 47.1 Å². The number of nitrogens with zero attached hydrogens (tertiary/aromatic N) is 4. The fourth-order valence-electron chi connectivity index (χ4n) is 3.88. The van der Waals surface area contributed by atoms with E-state index >= 15 is 0 Å². The Hall–Kier alpha value is -2.71. The van der Waals surface area contributed by atoms with E-state index < -0.39 is 0 Å². The molecule has 28 heavy (non-hydrogen) atoms. The summed E-state index contributed by atoms with van der Waals surface area (Å²) in [5.41, 5.74) is 2.11. The number of hydrogen-bond acceptors (Lipinski definition) is 5. The van der Waals surface area contributed by atoms with Crippen LogP contribution >= 0.6 is 12.2 Å². The quantitative estimate of drug-likeness (QED) is 0.645. The maximum Gasteiger partial charge on any atom is 0.225 e. The molecule has 2 atom stereocenters. The smallest absolute Gasteiger partial charge is 0.225 e. The number of rotatable bonds is 6. The molecule has 1 fully saturated rings. The number of quaternary nitrogens is 1. The van der Waals surface area contributed by atoms with Gasteiger partial charge in [0.15, 0.2) is 6.67 Å². The number of hydrogen-bond donors (Lipinski definition) is 1. The average Bonchev–Trinajstić information content (AvgIpc) is 3.35. The van der Waals surface area contributed by atoms with Gasteiger partial charge in [0.25, 0.3) is 0 Å². The van der Waals surface area contributed by atoms with E-state index in [2.05, 4.69) is 16.5 Å². The highest BCUT2D eigenvalue weighted by atomic mass is 32.1. The van der Waals surface area contributed by atoms with Crippen molar-refractivity contribution in [1.29, 1.82) is 0 Å². The molecule has 1 aliphatic heterocycles. The lowest BCUT2D eigenvalue weighted by molar-refractivity contribution is -0.941. The standard InChI is InChI=1S/C20H23N5O2S/c1-26-16-10-11-17(19(13-16)27-2)18-9-6-12-23(18)14-24-20(28)25(22-21-24)15-7-4-3-5-8-15/h3-5,7-8,10-11,13,18H,6,9,12,14H2,1-2H3/p+1/t18-/m0/s1. The Morgan fingerprint density at radius 1 is 1.11 bits per heavy atom. The van der Waals surface area contributed by atoms with Crippen LogP contribution in [0.25, 0.3) is 5.69 Å². The summed E-state index contributed by atoms with van der Waals surface area (Å²) in [6.07, 6.45) is 2.24. The van der Waals surface area contributed by atoms with Crippen LogP contribution in [-0.2, 0) is 6.67 Å². The summed E-state index contributed by atoms with van der Waals surface area (Å²) >= 11 is 5.63. The van der Waals surface area contributed by atoms with Gasteiger partial charge in [-0.05, 0) is 46.9 Å². The number of nitrogens with one attached hydrogen (secondary N) is 1. The summed E-state index contributed by atoms with van der Waals surface area (Å²) in [4.78, 5) is 1.40. The minimum atomic E-state index is 0.324. The molecule has 4 rings (SSSR count). The Morgan fingerprint density at radius 3 is 2.68 bits per heavy atom. The summed E-state index contributed by atoms with van der Waals surface area (Å²) < 4.78 is 15.1. The summed E-state index contributed by atoms with van der Waals surface area (Å²) in [5.74, 6) is 1.66. The van der Waals surface area contributed by atoms with Gasteiger partial charge in [-0.1, -0.05) is 18.2 Å². The van der Waals surface area contributed by atoms with Crippen molar-refractivity contribution in [2.45, 2.75) is 25.6 Å². The molecule has 0 spiro atoms. The van der Waals surface area contributed by atoms with Gasteiger partial charge in [0.05, 0.1) is 32.0 Å². The molecule has 2 heterocycles. The van der Waals surface area contributed by atoms with Gasteiger partial charge >= 0.3 is 0 Å². The summed E-state index contributed by atoms with van der Waals surface area (Å²) in [6.45, 7) is 1.73. The van der Waals surface area contributed by atoms with Crippen LogP contribution in [0.2, 0.25) is 0 Å². The van der Waals surface area contributed by atoms with Gasteiger partial charge < -0.3 is 14.4 Å². The van der Waals surface area contributed by atoms with Crippen molar-refractivity contribution in [3.63, 3.8) is 0 Å². The molecule has 0 radical (unpaired) electrons. The first-order chi connectivity index (χ1) is 13.7. The number of benzene rings is 2. The molecule has 8 heteroatoms. The minimum Gasteiger partial charge on any atom is -0.497 e. The van der Waals surface area contributed by atoms with E-state index in [1.165, 1.54) is 10.5 Å². The predicted octanol–water partition coefficient (Wildman–Crippen LogP) is 2.19. The maximum atomic E-state index is 5.63. The van der Waals surface area contributed by atoms with E-state index in [-0.39, 0.29) is 0 Å². The molecule has 1 unspecified atom stereocenters. The van der Waals surface area contributed by atoms with Crippen LogP contribution in [0.15, 0.2) is 48.5 Å². The number of para-hydroxylation sites is 1. The van der Waals surface area contributed by atoms with Gasteiger partial charge in [-0.2, -0.15) is 9.36 Å². The molecule has 1 saturated heterocycles. The molecule has 0 amide bonds. The van der Waals surface area contributed by atoms with Crippen molar-refractivity contribution in [2.75, 3.05) is 20.8 Å². The maximum absolute atomic E-state index is 5.63. The van der Waals surface area contributed by atoms with Crippen molar-refractivity contribution in [3.8, 4) is 17.2 Å². The summed E-state index contributed by atoms with van der Waals surface area (Å²) in [7, 11) is 3.37. The van der Waals surface area contributed by atoms with Crippen molar-refractivity contribution >= 4 is 12.2 Å². The molecule has 0 aliphatic carbocycles. The second-order valence-corrected chi connectivity index (χ2v) is 7.24. The molecule has 0 bridgehead atoms. The molecule has 3 aromatic rings. The molecule has 1 N–H and O–H groups in total.